The summed E-state index contributed by atoms with van der Waals surface area (Å²) in [6.07, 6.45) is 5.18. The Morgan fingerprint density at radius 1 is 0.816 bits per heavy atom. The predicted octanol–water partition coefficient (Wildman–Crippen LogP) is 2.71. The molecular weight excluding hydrogens is 492 g/mol. The Morgan fingerprint density at radius 3 is 1.87 bits per heavy atom. The summed E-state index contributed by atoms with van der Waals surface area (Å²) in [6, 6.07) is 3.55. The van der Waals surface area contributed by atoms with Gasteiger partial charge >= 0.3 is 17.9 Å². The number of carbonyl (C=O) groups excluding carboxylic acids is 3. The van der Waals surface area contributed by atoms with E-state index >= 15 is 0 Å². The second-order valence-electron chi connectivity index (χ2n) is 8.75. The fourth-order valence-electron chi connectivity index (χ4n) is 4.07. The molecule has 1 aliphatic heterocycles. The smallest absolute Gasteiger partial charge is 0.372 e. The SMILES string of the molecule is CCCOCCOC(=O)C1=C(C)NC(C)=C(C(=O)OCCOCCC)C1c1ccc[n+](CC(=O)OCC)c1. The Labute approximate surface area is 224 Å². The number of nitrogens with one attached hydrogen (secondary N) is 1. The van der Waals surface area contributed by atoms with E-state index in [1.807, 2.05) is 13.8 Å². The van der Waals surface area contributed by atoms with Crippen LogP contribution in [0.1, 0.15) is 58.9 Å². The number of rotatable bonds is 16. The number of pyridine rings is 1. The number of aromatic nitrogens is 1. The van der Waals surface area contributed by atoms with Crippen LogP contribution < -0.4 is 9.88 Å². The average molecular weight is 534 g/mol. The van der Waals surface area contributed by atoms with Gasteiger partial charge in [-0.15, -0.1) is 0 Å². The Hall–Kier alpha value is -3.24. The summed E-state index contributed by atoms with van der Waals surface area (Å²) in [7, 11) is 0. The van der Waals surface area contributed by atoms with Crippen LogP contribution in [0.4, 0.5) is 0 Å². The van der Waals surface area contributed by atoms with Gasteiger partial charge in [-0.05, 0) is 39.7 Å². The summed E-state index contributed by atoms with van der Waals surface area (Å²) in [4.78, 5) is 38.7. The monoisotopic (exact) mass is 533 g/mol. The van der Waals surface area contributed by atoms with Gasteiger partial charge in [0, 0.05) is 36.2 Å². The summed E-state index contributed by atoms with van der Waals surface area (Å²) in [5.41, 5.74) is 2.33. The molecule has 2 heterocycles. The van der Waals surface area contributed by atoms with Gasteiger partial charge in [0.2, 0.25) is 6.54 Å². The van der Waals surface area contributed by atoms with E-state index in [9.17, 15) is 14.4 Å². The number of hydrogen-bond donors (Lipinski definition) is 1. The van der Waals surface area contributed by atoms with Gasteiger partial charge in [-0.25, -0.2) is 14.4 Å². The maximum atomic E-state index is 13.3. The number of nitrogens with zero attached hydrogens (tertiary/aromatic N) is 1. The van der Waals surface area contributed by atoms with Gasteiger partial charge in [0.15, 0.2) is 12.4 Å². The molecule has 0 fully saturated rings. The Balaban J connectivity index is 2.39. The molecule has 210 valence electrons. The van der Waals surface area contributed by atoms with Crippen LogP contribution in [0, 0.1) is 0 Å². The van der Waals surface area contributed by atoms with Crippen molar-refractivity contribution < 1.29 is 42.6 Å². The minimum atomic E-state index is -0.779. The first-order chi connectivity index (χ1) is 18.3. The molecule has 0 spiro atoms. The van der Waals surface area contributed by atoms with Crippen molar-refractivity contribution in [3.8, 4) is 0 Å². The molecule has 0 aliphatic carbocycles. The van der Waals surface area contributed by atoms with Gasteiger partial charge < -0.3 is 29.0 Å². The standard InChI is InChI=1S/C28H40N2O8/c1-6-12-34-14-16-37-27(32)24-20(4)29-21(5)25(28(33)38-17-15-35-13-7-2)26(24)22-10-9-11-30(18-22)19-23(31)36-8-3/h9-11,18,26H,6-8,12-17,19H2,1-5H3/p+1. The number of allylic oxidation sites excluding steroid dienone is 2. The fraction of sp³-hybridized carbons (Fsp3) is 0.571. The van der Waals surface area contributed by atoms with Crippen molar-refractivity contribution in [2.45, 2.75) is 59.9 Å². The van der Waals surface area contributed by atoms with E-state index in [2.05, 4.69) is 5.32 Å². The lowest BCUT2D eigenvalue weighted by molar-refractivity contribution is -0.686. The summed E-state index contributed by atoms with van der Waals surface area (Å²) >= 11 is 0. The Kier molecular flexibility index (Phi) is 13.5. The third-order valence-corrected chi connectivity index (χ3v) is 5.65. The third kappa shape index (κ3) is 9.25. The summed E-state index contributed by atoms with van der Waals surface area (Å²) < 4.78 is 28.6. The maximum Gasteiger partial charge on any atom is 0.372 e. The second-order valence-corrected chi connectivity index (χ2v) is 8.75. The van der Waals surface area contributed by atoms with Gasteiger partial charge in [0.05, 0.1) is 36.9 Å². The molecule has 0 radical (unpaired) electrons. The first kappa shape index (κ1) is 31.0. The molecule has 0 saturated heterocycles. The molecule has 0 saturated carbocycles. The van der Waals surface area contributed by atoms with Crippen molar-refractivity contribution in [1.29, 1.82) is 0 Å². The molecule has 38 heavy (non-hydrogen) atoms. The molecule has 10 heteroatoms. The highest BCUT2D eigenvalue weighted by molar-refractivity contribution is 5.99. The highest BCUT2D eigenvalue weighted by atomic mass is 16.6. The minimum absolute atomic E-state index is 0.0128. The molecule has 0 bridgehead atoms. The summed E-state index contributed by atoms with van der Waals surface area (Å²) in [5.74, 6) is -2.30. The van der Waals surface area contributed by atoms with E-state index in [0.717, 1.165) is 12.8 Å². The number of ether oxygens (including phenoxy) is 5. The molecular formula is C28H41N2O8+. The van der Waals surface area contributed by atoms with Crippen LogP contribution in [-0.4, -0.2) is 64.2 Å². The zero-order valence-electron chi connectivity index (χ0n) is 23.2. The highest BCUT2D eigenvalue weighted by Crippen LogP contribution is 2.38. The van der Waals surface area contributed by atoms with Gasteiger partial charge in [-0.2, -0.15) is 4.57 Å². The van der Waals surface area contributed by atoms with Crippen molar-refractivity contribution >= 4 is 17.9 Å². The van der Waals surface area contributed by atoms with Crippen molar-refractivity contribution in [3.05, 3.63) is 52.6 Å². The predicted molar refractivity (Wildman–Crippen MR) is 139 cm³/mol. The van der Waals surface area contributed by atoms with Crippen molar-refractivity contribution in [2.75, 3.05) is 46.2 Å². The first-order valence-electron chi connectivity index (χ1n) is 13.2. The zero-order chi connectivity index (χ0) is 27.9. The third-order valence-electron chi connectivity index (χ3n) is 5.65. The topological polar surface area (TPSA) is 113 Å². The largest absolute Gasteiger partial charge is 0.461 e. The lowest BCUT2D eigenvalue weighted by Gasteiger charge is -2.30. The molecule has 1 aromatic heterocycles. The molecule has 0 atom stereocenters. The fourth-order valence-corrected chi connectivity index (χ4v) is 4.07. The van der Waals surface area contributed by atoms with E-state index in [0.29, 0.717) is 30.2 Å². The lowest BCUT2D eigenvalue weighted by Crippen LogP contribution is -2.40. The van der Waals surface area contributed by atoms with E-state index in [1.54, 1.807) is 49.9 Å². The molecule has 1 N–H and O–H groups in total. The molecule has 1 aliphatic rings. The quantitative estimate of drug-likeness (QED) is 0.148. The number of carbonyl (C=O) groups is 3. The number of esters is 3. The van der Waals surface area contributed by atoms with Crippen LogP contribution in [0.3, 0.4) is 0 Å². The van der Waals surface area contributed by atoms with Crippen LogP contribution >= 0.6 is 0 Å². The maximum absolute atomic E-state index is 13.3. The normalized spacial score (nSPS) is 13.8. The van der Waals surface area contributed by atoms with Gasteiger partial charge in [-0.1, -0.05) is 13.8 Å². The van der Waals surface area contributed by atoms with Crippen LogP contribution in [0.25, 0.3) is 0 Å². The molecule has 0 amide bonds. The lowest BCUT2D eigenvalue weighted by atomic mass is 9.81. The van der Waals surface area contributed by atoms with Crippen molar-refractivity contribution in [2.24, 2.45) is 0 Å². The van der Waals surface area contributed by atoms with Crippen molar-refractivity contribution in [1.82, 2.24) is 5.32 Å². The van der Waals surface area contributed by atoms with E-state index in [1.165, 1.54) is 0 Å². The first-order valence-corrected chi connectivity index (χ1v) is 13.2. The van der Waals surface area contributed by atoms with Crippen LogP contribution in [0.15, 0.2) is 47.1 Å². The summed E-state index contributed by atoms with van der Waals surface area (Å²) in [6.45, 7) is 11.4. The minimum Gasteiger partial charge on any atom is -0.461 e. The highest BCUT2D eigenvalue weighted by Gasteiger charge is 2.39. The zero-order valence-corrected chi connectivity index (χ0v) is 23.2. The van der Waals surface area contributed by atoms with Crippen LogP contribution in [0.2, 0.25) is 0 Å². The molecule has 0 aromatic carbocycles. The number of hydrogen-bond acceptors (Lipinski definition) is 9. The van der Waals surface area contributed by atoms with E-state index < -0.39 is 23.8 Å². The van der Waals surface area contributed by atoms with Crippen LogP contribution in [0.5, 0.6) is 0 Å². The molecule has 2 rings (SSSR count). The molecule has 10 nitrogen and oxygen atoms in total. The Bertz CT molecular complexity index is 970. The van der Waals surface area contributed by atoms with Gasteiger partial charge in [-0.3, -0.25) is 0 Å². The number of dihydropyridines is 1. The second kappa shape index (κ2) is 16.6. The molecule has 0 unspecified atom stereocenters. The Morgan fingerprint density at radius 2 is 1.37 bits per heavy atom. The molecule has 1 aromatic rings. The summed E-state index contributed by atoms with van der Waals surface area (Å²) in [5, 5.41) is 3.14. The van der Waals surface area contributed by atoms with E-state index in [4.69, 9.17) is 23.7 Å². The average Bonchev–Trinajstić information content (AvgIpc) is 2.88. The van der Waals surface area contributed by atoms with Gasteiger partial charge in [0.1, 0.15) is 13.2 Å². The van der Waals surface area contributed by atoms with Crippen LogP contribution in [-0.2, 0) is 44.6 Å². The van der Waals surface area contributed by atoms with E-state index in [-0.39, 0.29) is 50.7 Å². The van der Waals surface area contributed by atoms with Crippen molar-refractivity contribution in [3.63, 3.8) is 0 Å². The van der Waals surface area contributed by atoms with Gasteiger partial charge in [0.25, 0.3) is 0 Å².